The van der Waals surface area contributed by atoms with Crippen molar-refractivity contribution in [3.8, 4) is 0 Å². The summed E-state index contributed by atoms with van der Waals surface area (Å²) in [6, 6.07) is 0. The SMILES string of the molecule is CC/C=C/CCC(CCCCCCCC)C(=O)OCCCCCCN(CCCO)CCCCCCOC(=O)C(CCCCCC)CCCCCCCC. The Kier molecular flexibility index (Phi) is 40.7. The maximum atomic E-state index is 12.9. The minimum Gasteiger partial charge on any atom is -0.465 e. The molecule has 0 heterocycles. The molecule has 0 amide bonds. The highest BCUT2D eigenvalue weighted by Crippen LogP contribution is 2.22. The first-order valence-corrected chi connectivity index (χ1v) is 23.3. The van der Waals surface area contributed by atoms with Gasteiger partial charge in [-0.15, -0.1) is 0 Å². The first-order chi connectivity index (χ1) is 26.0. The van der Waals surface area contributed by atoms with Crippen molar-refractivity contribution in [1.82, 2.24) is 4.90 Å². The Morgan fingerprint density at radius 3 is 1.30 bits per heavy atom. The molecule has 0 rings (SSSR count). The molecule has 2 atom stereocenters. The topological polar surface area (TPSA) is 76.1 Å². The number of rotatable bonds is 42. The molecule has 6 heteroatoms. The summed E-state index contributed by atoms with van der Waals surface area (Å²) in [6.07, 6.45) is 39.7. The number of ether oxygens (including phenoxy) is 2. The van der Waals surface area contributed by atoms with Gasteiger partial charge in [-0.05, 0) is 83.7 Å². The predicted molar refractivity (Wildman–Crippen MR) is 227 cm³/mol. The molecule has 0 saturated heterocycles. The van der Waals surface area contributed by atoms with Crippen LogP contribution in [-0.2, 0) is 19.1 Å². The Morgan fingerprint density at radius 1 is 0.472 bits per heavy atom. The van der Waals surface area contributed by atoms with Crippen LogP contribution in [0.5, 0.6) is 0 Å². The second-order valence-electron chi connectivity index (χ2n) is 15.9. The van der Waals surface area contributed by atoms with Gasteiger partial charge in [0, 0.05) is 13.2 Å². The summed E-state index contributed by atoms with van der Waals surface area (Å²) >= 11 is 0. The van der Waals surface area contributed by atoms with Gasteiger partial charge in [-0.25, -0.2) is 0 Å². The number of unbranched alkanes of at least 4 members (excludes halogenated alkanes) is 19. The number of aliphatic hydroxyl groups is 1. The molecule has 0 aromatic rings. The monoisotopic (exact) mass is 750 g/mol. The molecule has 0 radical (unpaired) electrons. The van der Waals surface area contributed by atoms with Crippen LogP contribution >= 0.6 is 0 Å². The van der Waals surface area contributed by atoms with Crippen LogP contribution < -0.4 is 0 Å². The molecule has 2 unspecified atom stereocenters. The molecule has 0 aliphatic carbocycles. The van der Waals surface area contributed by atoms with Crippen LogP contribution in [0, 0.1) is 11.8 Å². The Balaban J connectivity index is 4.30. The van der Waals surface area contributed by atoms with Gasteiger partial charge in [-0.2, -0.15) is 0 Å². The fraction of sp³-hybridized carbons (Fsp3) is 0.915. The van der Waals surface area contributed by atoms with E-state index in [9.17, 15) is 14.7 Å². The summed E-state index contributed by atoms with van der Waals surface area (Å²) in [5, 5.41) is 9.43. The molecule has 0 saturated carbocycles. The van der Waals surface area contributed by atoms with Crippen molar-refractivity contribution >= 4 is 11.9 Å². The molecule has 1 N–H and O–H groups in total. The molecule has 0 fully saturated rings. The van der Waals surface area contributed by atoms with Crippen molar-refractivity contribution in [1.29, 1.82) is 0 Å². The summed E-state index contributed by atoms with van der Waals surface area (Å²) in [4.78, 5) is 28.4. The van der Waals surface area contributed by atoms with E-state index in [2.05, 4.69) is 44.7 Å². The second kappa shape index (κ2) is 41.8. The van der Waals surface area contributed by atoms with E-state index in [1.807, 2.05) is 0 Å². The Hall–Kier alpha value is -1.40. The number of allylic oxidation sites excluding steroid dienone is 2. The van der Waals surface area contributed by atoms with Gasteiger partial charge >= 0.3 is 11.9 Å². The minimum absolute atomic E-state index is 0.0160. The summed E-state index contributed by atoms with van der Waals surface area (Å²) in [6.45, 7) is 13.3. The van der Waals surface area contributed by atoms with Crippen LogP contribution in [0.1, 0.15) is 227 Å². The average molecular weight is 750 g/mol. The lowest BCUT2D eigenvalue weighted by molar-refractivity contribution is -0.150. The van der Waals surface area contributed by atoms with E-state index < -0.39 is 0 Å². The highest BCUT2D eigenvalue weighted by Gasteiger charge is 2.20. The van der Waals surface area contributed by atoms with Gasteiger partial charge in [0.05, 0.1) is 25.0 Å². The molecule has 0 aromatic carbocycles. The number of esters is 2. The van der Waals surface area contributed by atoms with Gasteiger partial charge < -0.3 is 19.5 Å². The smallest absolute Gasteiger partial charge is 0.308 e. The third kappa shape index (κ3) is 34.8. The largest absolute Gasteiger partial charge is 0.465 e. The molecule has 0 aliphatic rings. The zero-order valence-electron chi connectivity index (χ0n) is 36.0. The first-order valence-electron chi connectivity index (χ1n) is 23.3. The third-order valence-corrected chi connectivity index (χ3v) is 10.8. The van der Waals surface area contributed by atoms with Gasteiger partial charge in [0.15, 0.2) is 0 Å². The van der Waals surface area contributed by atoms with Crippen LogP contribution in [0.4, 0.5) is 0 Å². The number of carbonyl (C=O) groups excluding carboxylic acids is 2. The first kappa shape index (κ1) is 51.6. The van der Waals surface area contributed by atoms with Crippen LogP contribution in [0.3, 0.4) is 0 Å². The standard InChI is InChI=1S/C47H91NO5/c1-5-9-13-17-19-27-36-44(34-25-15-11-7-3)46(50)52-42-31-23-21-29-38-48(40-33-41-49)39-30-22-24-32-43-53-47(51)45(35-26-16-12-8-4)37-28-20-18-14-10-6-2/h11,15,44-45,49H,5-10,12-14,16-43H2,1-4H3/b15-11+. The molecule has 0 aliphatic heterocycles. The summed E-state index contributed by atoms with van der Waals surface area (Å²) in [5.74, 6) is 0.187. The summed E-state index contributed by atoms with van der Waals surface area (Å²) < 4.78 is 11.6. The fourth-order valence-electron chi connectivity index (χ4n) is 7.29. The molecule has 0 spiro atoms. The van der Waals surface area contributed by atoms with Crippen LogP contribution in [0.15, 0.2) is 12.2 Å². The van der Waals surface area contributed by atoms with E-state index in [0.29, 0.717) is 13.2 Å². The number of hydrogen-bond acceptors (Lipinski definition) is 6. The molecule has 0 bridgehead atoms. The van der Waals surface area contributed by atoms with E-state index in [-0.39, 0.29) is 30.4 Å². The second-order valence-corrected chi connectivity index (χ2v) is 15.9. The van der Waals surface area contributed by atoms with Gasteiger partial charge in [0.2, 0.25) is 0 Å². The third-order valence-electron chi connectivity index (χ3n) is 10.8. The zero-order valence-corrected chi connectivity index (χ0v) is 36.0. The molecule has 0 aromatic heterocycles. The van der Waals surface area contributed by atoms with Crippen molar-refractivity contribution in [2.75, 3.05) is 39.5 Å². The van der Waals surface area contributed by atoms with E-state index >= 15 is 0 Å². The molecule has 314 valence electrons. The van der Waals surface area contributed by atoms with Crippen molar-refractivity contribution < 1.29 is 24.2 Å². The Bertz CT molecular complexity index is 802. The van der Waals surface area contributed by atoms with E-state index in [1.165, 1.54) is 83.5 Å². The van der Waals surface area contributed by atoms with E-state index in [0.717, 1.165) is 135 Å². The molecular formula is C47H91NO5. The Labute approximate surface area is 330 Å². The summed E-state index contributed by atoms with van der Waals surface area (Å²) in [5.41, 5.74) is 0. The van der Waals surface area contributed by atoms with Crippen LogP contribution in [-0.4, -0.2) is 61.4 Å². The maximum Gasteiger partial charge on any atom is 0.308 e. The van der Waals surface area contributed by atoms with Crippen molar-refractivity contribution in [2.24, 2.45) is 11.8 Å². The normalized spacial score (nSPS) is 12.9. The van der Waals surface area contributed by atoms with Crippen molar-refractivity contribution in [3.63, 3.8) is 0 Å². The lowest BCUT2D eigenvalue weighted by Crippen LogP contribution is -2.28. The molecule has 53 heavy (non-hydrogen) atoms. The van der Waals surface area contributed by atoms with Gasteiger partial charge in [0.25, 0.3) is 0 Å². The predicted octanol–water partition coefficient (Wildman–Crippen LogP) is 13.3. The van der Waals surface area contributed by atoms with E-state index in [1.54, 1.807) is 0 Å². The number of aliphatic hydroxyl groups excluding tert-OH is 1. The maximum absolute atomic E-state index is 12.9. The van der Waals surface area contributed by atoms with Gasteiger partial charge in [-0.3, -0.25) is 9.59 Å². The lowest BCUT2D eigenvalue weighted by Gasteiger charge is -2.22. The minimum atomic E-state index is 0.0160. The number of hydrogen-bond donors (Lipinski definition) is 1. The molecule has 6 nitrogen and oxygen atoms in total. The quantitative estimate of drug-likeness (QED) is 0.0380. The van der Waals surface area contributed by atoms with Crippen molar-refractivity contribution in [2.45, 2.75) is 227 Å². The van der Waals surface area contributed by atoms with Gasteiger partial charge in [0.1, 0.15) is 0 Å². The van der Waals surface area contributed by atoms with Gasteiger partial charge in [-0.1, -0.05) is 168 Å². The summed E-state index contributed by atoms with van der Waals surface area (Å²) in [7, 11) is 0. The molecular weight excluding hydrogens is 659 g/mol. The lowest BCUT2D eigenvalue weighted by atomic mass is 9.94. The van der Waals surface area contributed by atoms with Crippen molar-refractivity contribution in [3.05, 3.63) is 12.2 Å². The van der Waals surface area contributed by atoms with Crippen LogP contribution in [0.25, 0.3) is 0 Å². The number of nitrogens with zero attached hydrogens (tertiary/aromatic N) is 1. The fourth-order valence-corrected chi connectivity index (χ4v) is 7.29. The highest BCUT2D eigenvalue weighted by molar-refractivity contribution is 5.72. The highest BCUT2D eigenvalue weighted by atomic mass is 16.5. The Morgan fingerprint density at radius 2 is 0.849 bits per heavy atom. The van der Waals surface area contributed by atoms with Crippen LogP contribution in [0.2, 0.25) is 0 Å². The number of carbonyl (C=O) groups is 2. The zero-order chi connectivity index (χ0) is 38.9. The average Bonchev–Trinajstić information content (AvgIpc) is 3.16. The van der Waals surface area contributed by atoms with E-state index in [4.69, 9.17) is 9.47 Å².